The maximum absolute atomic E-state index is 6.34. The van der Waals surface area contributed by atoms with E-state index in [0.29, 0.717) is 20.9 Å². The lowest BCUT2D eigenvalue weighted by Crippen LogP contribution is -2.29. The molecule has 2 aromatic carbocycles. The summed E-state index contributed by atoms with van der Waals surface area (Å²) >= 11 is 21.5. The van der Waals surface area contributed by atoms with Gasteiger partial charge in [0.2, 0.25) is 0 Å². The van der Waals surface area contributed by atoms with Gasteiger partial charge in [0.25, 0.3) is 0 Å². The summed E-state index contributed by atoms with van der Waals surface area (Å²) in [6, 6.07) is 22.8. The summed E-state index contributed by atoms with van der Waals surface area (Å²) in [6.45, 7) is 0. The SMILES string of the molecule is S=C1N[C@@H](c2ccccn2)[C@H](c2ccc(-c3ccc(Cl)c(Cl)c3)o2)N1c1ccc(Br)cc1. The first kappa shape index (κ1) is 21.5. The fraction of sp³-hybridized carbons (Fsp3) is 0.0833. The Morgan fingerprint density at radius 2 is 1.78 bits per heavy atom. The molecule has 4 nitrogen and oxygen atoms in total. The molecule has 160 valence electrons. The summed E-state index contributed by atoms with van der Waals surface area (Å²) in [6.07, 6.45) is 1.78. The van der Waals surface area contributed by atoms with E-state index in [1.54, 1.807) is 18.3 Å². The zero-order chi connectivity index (χ0) is 22.2. The van der Waals surface area contributed by atoms with E-state index in [4.69, 9.17) is 39.8 Å². The van der Waals surface area contributed by atoms with Crippen molar-refractivity contribution in [1.82, 2.24) is 10.3 Å². The number of thiocarbonyl (C=S) groups is 1. The summed E-state index contributed by atoms with van der Waals surface area (Å²) in [7, 11) is 0. The van der Waals surface area contributed by atoms with Gasteiger partial charge in [0.05, 0.1) is 21.8 Å². The number of furan rings is 1. The van der Waals surface area contributed by atoms with Crippen molar-refractivity contribution >= 4 is 62.1 Å². The Morgan fingerprint density at radius 3 is 2.50 bits per heavy atom. The summed E-state index contributed by atoms with van der Waals surface area (Å²) in [5.74, 6) is 1.46. The fourth-order valence-corrected chi connectivity index (χ4v) is 4.75. The predicted molar refractivity (Wildman–Crippen MR) is 136 cm³/mol. The zero-order valence-electron chi connectivity index (χ0n) is 16.5. The lowest BCUT2D eigenvalue weighted by Gasteiger charge is -2.26. The molecule has 1 N–H and O–H groups in total. The molecule has 1 fully saturated rings. The van der Waals surface area contributed by atoms with Gasteiger partial charge in [0, 0.05) is 21.9 Å². The minimum atomic E-state index is -0.227. The predicted octanol–water partition coefficient (Wildman–Crippen LogP) is 7.59. The third-order valence-electron chi connectivity index (χ3n) is 5.33. The molecule has 0 amide bonds. The third kappa shape index (κ3) is 4.04. The van der Waals surface area contributed by atoms with Gasteiger partial charge >= 0.3 is 0 Å². The van der Waals surface area contributed by atoms with Crippen LogP contribution in [-0.4, -0.2) is 10.1 Å². The normalized spacial score (nSPS) is 18.1. The number of halogens is 3. The van der Waals surface area contributed by atoms with Crippen LogP contribution < -0.4 is 10.2 Å². The Kier molecular flexibility index (Phi) is 5.95. The van der Waals surface area contributed by atoms with Crippen molar-refractivity contribution in [1.29, 1.82) is 0 Å². The van der Waals surface area contributed by atoms with Crippen LogP contribution in [0.15, 0.2) is 87.9 Å². The van der Waals surface area contributed by atoms with Gasteiger partial charge in [0.15, 0.2) is 5.11 Å². The van der Waals surface area contributed by atoms with E-state index in [9.17, 15) is 0 Å². The average molecular weight is 545 g/mol. The molecule has 4 aromatic rings. The van der Waals surface area contributed by atoms with Crippen LogP contribution in [0.5, 0.6) is 0 Å². The molecule has 0 aliphatic carbocycles. The third-order valence-corrected chi connectivity index (χ3v) is 6.91. The first-order valence-electron chi connectivity index (χ1n) is 9.82. The molecule has 1 aliphatic rings. The Morgan fingerprint density at radius 1 is 0.969 bits per heavy atom. The topological polar surface area (TPSA) is 41.3 Å². The largest absolute Gasteiger partial charge is 0.459 e. The van der Waals surface area contributed by atoms with E-state index < -0.39 is 0 Å². The van der Waals surface area contributed by atoms with E-state index in [1.165, 1.54) is 0 Å². The second kappa shape index (κ2) is 8.87. The number of nitrogens with zero attached hydrogens (tertiary/aromatic N) is 2. The molecule has 1 aliphatic heterocycles. The number of rotatable bonds is 4. The van der Waals surface area contributed by atoms with Crippen LogP contribution >= 0.6 is 51.3 Å². The number of hydrogen-bond acceptors (Lipinski definition) is 3. The average Bonchev–Trinajstić information content (AvgIpc) is 3.41. The lowest BCUT2D eigenvalue weighted by atomic mass is 10.0. The number of nitrogens with one attached hydrogen (secondary N) is 1. The van der Waals surface area contributed by atoms with Crippen LogP contribution in [0.2, 0.25) is 10.0 Å². The minimum absolute atomic E-state index is 0.180. The van der Waals surface area contributed by atoms with Gasteiger partial charge in [0.1, 0.15) is 17.6 Å². The van der Waals surface area contributed by atoms with Crippen LogP contribution in [-0.2, 0) is 0 Å². The molecule has 0 saturated carbocycles. The van der Waals surface area contributed by atoms with E-state index in [-0.39, 0.29) is 12.1 Å². The summed E-state index contributed by atoms with van der Waals surface area (Å²) in [5, 5.41) is 5.03. The maximum atomic E-state index is 6.34. The molecular formula is C24H16BrCl2N3OS. The van der Waals surface area contributed by atoms with Crippen molar-refractivity contribution in [2.75, 3.05) is 4.90 Å². The van der Waals surface area contributed by atoms with Crippen LogP contribution in [0.1, 0.15) is 23.5 Å². The standard InChI is InChI=1S/C24H16BrCl2N3OS/c25-15-5-7-16(8-6-15)30-23(22(29-24(30)32)19-3-1-2-12-28-19)21-11-10-20(31-21)14-4-9-17(26)18(27)13-14/h1-13,22-23H,(H,29,32)/t22-,23-/m0/s1. The maximum Gasteiger partial charge on any atom is 0.174 e. The van der Waals surface area contributed by atoms with Gasteiger partial charge in [-0.25, -0.2) is 0 Å². The molecule has 3 heterocycles. The lowest BCUT2D eigenvalue weighted by molar-refractivity contribution is 0.439. The van der Waals surface area contributed by atoms with Gasteiger partial charge in [-0.3, -0.25) is 4.98 Å². The summed E-state index contributed by atoms with van der Waals surface area (Å²) < 4.78 is 7.34. The molecule has 0 spiro atoms. The molecule has 2 aromatic heterocycles. The smallest absolute Gasteiger partial charge is 0.174 e. The Hall–Kier alpha value is -2.38. The summed E-state index contributed by atoms with van der Waals surface area (Å²) in [4.78, 5) is 6.64. The van der Waals surface area contributed by atoms with Crippen molar-refractivity contribution in [3.63, 3.8) is 0 Å². The van der Waals surface area contributed by atoms with Crippen LogP contribution in [0.25, 0.3) is 11.3 Å². The van der Waals surface area contributed by atoms with Crippen molar-refractivity contribution in [2.24, 2.45) is 0 Å². The Bertz CT molecular complexity index is 1280. The second-order valence-corrected chi connectivity index (χ2v) is 9.42. The van der Waals surface area contributed by atoms with E-state index in [1.807, 2.05) is 60.7 Å². The van der Waals surface area contributed by atoms with Gasteiger partial charge in [-0.2, -0.15) is 0 Å². The highest BCUT2D eigenvalue weighted by Gasteiger charge is 2.42. The quantitative estimate of drug-likeness (QED) is 0.268. The molecule has 1 saturated heterocycles. The highest BCUT2D eigenvalue weighted by molar-refractivity contribution is 9.10. The first-order valence-corrected chi connectivity index (χ1v) is 11.8. The Balaban J connectivity index is 1.59. The van der Waals surface area contributed by atoms with Crippen LogP contribution in [0.4, 0.5) is 5.69 Å². The molecule has 5 rings (SSSR count). The molecular weight excluding hydrogens is 529 g/mol. The zero-order valence-corrected chi connectivity index (χ0v) is 20.4. The van der Waals surface area contributed by atoms with Crippen LogP contribution in [0.3, 0.4) is 0 Å². The van der Waals surface area contributed by atoms with Crippen LogP contribution in [0, 0.1) is 0 Å². The number of pyridine rings is 1. The molecule has 0 radical (unpaired) electrons. The van der Waals surface area contributed by atoms with Crippen molar-refractivity contribution in [3.05, 3.63) is 105 Å². The monoisotopic (exact) mass is 543 g/mol. The fourth-order valence-electron chi connectivity index (χ4n) is 3.84. The molecule has 0 bridgehead atoms. The molecule has 8 heteroatoms. The Labute approximate surface area is 209 Å². The number of benzene rings is 2. The van der Waals surface area contributed by atoms with E-state index in [2.05, 4.69) is 31.1 Å². The van der Waals surface area contributed by atoms with Crippen molar-refractivity contribution in [3.8, 4) is 11.3 Å². The highest BCUT2D eigenvalue weighted by atomic mass is 79.9. The highest BCUT2D eigenvalue weighted by Crippen LogP contribution is 2.43. The van der Waals surface area contributed by atoms with Crippen molar-refractivity contribution < 1.29 is 4.42 Å². The molecule has 0 unspecified atom stereocenters. The van der Waals surface area contributed by atoms with Gasteiger partial charge in [-0.15, -0.1) is 0 Å². The van der Waals surface area contributed by atoms with Gasteiger partial charge < -0.3 is 14.6 Å². The summed E-state index contributed by atoms with van der Waals surface area (Å²) in [5.41, 5.74) is 2.69. The number of hydrogen-bond donors (Lipinski definition) is 1. The molecule has 2 atom stereocenters. The molecule has 32 heavy (non-hydrogen) atoms. The number of anilines is 1. The van der Waals surface area contributed by atoms with Gasteiger partial charge in [-0.1, -0.05) is 45.2 Å². The number of aromatic nitrogens is 1. The van der Waals surface area contributed by atoms with E-state index in [0.717, 1.165) is 27.2 Å². The second-order valence-electron chi connectivity index (χ2n) is 7.30. The van der Waals surface area contributed by atoms with E-state index >= 15 is 0 Å². The minimum Gasteiger partial charge on any atom is -0.459 e. The first-order chi connectivity index (χ1) is 15.5. The van der Waals surface area contributed by atoms with Gasteiger partial charge in [-0.05, 0) is 78.9 Å². The van der Waals surface area contributed by atoms with Crippen molar-refractivity contribution in [2.45, 2.75) is 12.1 Å².